The first kappa shape index (κ1) is 15.4. The highest BCUT2D eigenvalue weighted by Gasteiger charge is 2.33. The standard InChI is InChI=1S/C14H10ClF3IN/c15-10-3-6-13(12(7-10)14(16,17)18)20-8-9-1-4-11(19)5-2-9/h1-7,20H,8H2. The minimum Gasteiger partial charge on any atom is -0.380 e. The van der Waals surface area contributed by atoms with Crippen LogP contribution >= 0.6 is 34.2 Å². The third-order valence-electron chi connectivity index (χ3n) is 2.68. The van der Waals surface area contributed by atoms with E-state index in [0.717, 1.165) is 15.2 Å². The number of rotatable bonds is 3. The summed E-state index contributed by atoms with van der Waals surface area (Å²) in [7, 11) is 0. The van der Waals surface area contributed by atoms with Crippen molar-refractivity contribution in [1.82, 2.24) is 0 Å². The van der Waals surface area contributed by atoms with Crippen molar-refractivity contribution in [3.8, 4) is 0 Å². The van der Waals surface area contributed by atoms with E-state index in [-0.39, 0.29) is 10.7 Å². The Kier molecular flexibility index (Phi) is 4.80. The van der Waals surface area contributed by atoms with E-state index in [4.69, 9.17) is 11.6 Å². The lowest BCUT2D eigenvalue weighted by Crippen LogP contribution is -2.10. The highest BCUT2D eigenvalue weighted by molar-refractivity contribution is 14.1. The Morgan fingerprint density at radius 1 is 1.05 bits per heavy atom. The molecular weight excluding hydrogens is 402 g/mol. The predicted molar refractivity (Wildman–Crippen MR) is 82.9 cm³/mol. The minimum atomic E-state index is -4.43. The molecule has 0 amide bonds. The molecule has 0 atom stereocenters. The smallest absolute Gasteiger partial charge is 0.380 e. The lowest BCUT2D eigenvalue weighted by atomic mass is 10.1. The van der Waals surface area contributed by atoms with E-state index < -0.39 is 11.7 Å². The lowest BCUT2D eigenvalue weighted by molar-refractivity contribution is -0.136. The lowest BCUT2D eigenvalue weighted by Gasteiger charge is -2.15. The van der Waals surface area contributed by atoms with Gasteiger partial charge in [0, 0.05) is 20.8 Å². The van der Waals surface area contributed by atoms with Crippen LogP contribution < -0.4 is 5.32 Å². The van der Waals surface area contributed by atoms with E-state index in [2.05, 4.69) is 27.9 Å². The summed E-state index contributed by atoms with van der Waals surface area (Å²) in [5, 5.41) is 2.87. The topological polar surface area (TPSA) is 12.0 Å². The summed E-state index contributed by atoms with van der Waals surface area (Å²) >= 11 is 7.80. The second-order valence-electron chi connectivity index (χ2n) is 4.17. The number of halogens is 5. The molecule has 0 radical (unpaired) electrons. The average molecular weight is 412 g/mol. The van der Waals surface area contributed by atoms with Crippen LogP contribution in [0.25, 0.3) is 0 Å². The largest absolute Gasteiger partial charge is 0.418 e. The summed E-state index contributed by atoms with van der Waals surface area (Å²) in [5.74, 6) is 0. The molecule has 0 saturated heterocycles. The average Bonchev–Trinajstić information content (AvgIpc) is 2.38. The molecule has 6 heteroatoms. The molecular formula is C14H10ClF3IN. The van der Waals surface area contributed by atoms with Crippen LogP contribution in [0.5, 0.6) is 0 Å². The van der Waals surface area contributed by atoms with E-state index >= 15 is 0 Å². The summed E-state index contributed by atoms with van der Waals surface area (Å²) < 4.78 is 39.8. The zero-order valence-corrected chi connectivity index (χ0v) is 13.1. The molecule has 1 nitrogen and oxygen atoms in total. The zero-order chi connectivity index (χ0) is 14.8. The van der Waals surface area contributed by atoms with Gasteiger partial charge in [-0.2, -0.15) is 13.2 Å². The van der Waals surface area contributed by atoms with Gasteiger partial charge < -0.3 is 5.32 Å². The van der Waals surface area contributed by atoms with Gasteiger partial charge in [0.1, 0.15) is 0 Å². The maximum absolute atomic E-state index is 12.9. The fraction of sp³-hybridized carbons (Fsp3) is 0.143. The van der Waals surface area contributed by atoms with Gasteiger partial charge in [0.05, 0.1) is 5.56 Å². The molecule has 2 rings (SSSR count). The van der Waals surface area contributed by atoms with Gasteiger partial charge in [-0.3, -0.25) is 0 Å². The number of alkyl halides is 3. The number of hydrogen-bond donors (Lipinski definition) is 1. The molecule has 0 aliphatic carbocycles. The molecule has 1 N–H and O–H groups in total. The third-order valence-corrected chi connectivity index (χ3v) is 3.64. The van der Waals surface area contributed by atoms with Crippen molar-refractivity contribution in [3.05, 3.63) is 62.2 Å². The van der Waals surface area contributed by atoms with Crippen LogP contribution in [0.4, 0.5) is 18.9 Å². The molecule has 0 aromatic heterocycles. The fourth-order valence-corrected chi connectivity index (χ4v) is 2.24. The summed E-state index contributed by atoms with van der Waals surface area (Å²) in [5.41, 5.74) is 0.185. The third kappa shape index (κ3) is 4.02. The van der Waals surface area contributed by atoms with Gasteiger partial charge >= 0.3 is 6.18 Å². The number of hydrogen-bond acceptors (Lipinski definition) is 1. The Bertz CT molecular complexity index is 596. The molecule has 0 bridgehead atoms. The van der Waals surface area contributed by atoms with Crippen LogP contribution in [0.2, 0.25) is 5.02 Å². The molecule has 0 aliphatic rings. The highest BCUT2D eigenvalue weighted by atomic mass is 127. The van der Waals surface area contributed by atoms with Crippen molar-refractivity contribution in [2.24, 2.45) is 0 Å². The molecule has 0 spiro atoms. The number of anilines is 1. The summed E-state index contributed by atoms with van der Waals surface area (Å²) in [6.07, 6.45) is -4.43. The van der Waals surface area contributed by atoms with Crippen LogP contribution in [0, 0.1) is 3.57 Å². The van der Waals surface area contributed by atoms with Crippen molar-refractivity contribution in [1.29, 1.82) is 0 Å². The normalized spacial score (nSPS) is 11.4. The maximum atomic E-state index is 12.9. The van der Waals surface area contributed by atoms with Crippen molar-refractivity contribution < 1.29 is 13.2 Å². The Morgan fingerprint density at radius 2 is 1.70 bits per heavy atom. The maximum Gasteiger partial charge on any atom is 0.418 e. The van der Waals surface area contributed by atoms with Crippen LogP contribution in [0.3, 0.4) is 0 Å². The Labute approximate surface area is 133 Å². The van der Waals surface area contributed by atoms with Gasteiger partial charge in [-0.25, -0.2) is 0 Å². The van der Waals surface area contributed by atoms with Crippen molar-refractivity contribution in [2.75, 3.05) is 5.32 Å². The molecule has 0 aliphatic heterocycles. The first-order chi connectivity index (χ1) is 9.36. The SMILES string of the molecule is FC(F)(F)c1cc(Cl)ccc1NCc1ccc(I)cc1. The second-order valence-corrected chi connectivity index (χ2v) is 5.85. The zero-order valence-electron chi connectivity index (χ0n) is 10.1. The first-order valence-electron chi connectivity index (χ1n) is 5.71. The number of nitrogens with one attached hydrogen (secondary N) is 1. The van der Waals surface area contributed by atoms with E-state index in [1.165, 1.54) is 12.1 Å². The second kappa shape index (κ2) is 6.22. The Morgan fingerprint density at radius 3 is 2.30 bits per heavy atom. The molecule has 0 unspecified atom stereocenters. The van der Waals surface area contributed by atoms with Gasteiger partial charge in [-0.15, -0.1) is 0 Å². The first-order valence-corrected chi connectivity index (χ1v) is 7.17. The molecule has 0 fully saturated rings. The van der Waals surface area contributed by atoms with Crippen LogP contribution in [0.1, 0.15) is 11.1 Å². The fourth-order valence-electron chi connectivity index (χ4n) is 1.70. The van der Waals surface area contributed by atoms with E-state index in [1.807, 2.05) is 24.3 Å². The van der Waals surface area contributed by atoms with Crippen molar-refractivity contribution in [2.45, 2.75) is 12.7 Å². The predicted octanol–water partition coefficient (Wildman–Crippen LogP) is 5.58. The van der Waals surface area contributed by atoms with E-state index in [9.17, 15) is 13.2 Å². The molecule has 0 heterocycles. The minimum absolute atomic E-state index is 0.0282. The van der Waals surface area contributed by atoms with E-state index in [0.29, 0.717) is 6.54 Å². The number of benzene rings is 2. The van der Waals surface area contributed by atoms with Gasteiger partial charge in [0.2, 0.25) is 0 Å². The van der Waals surface area contributed by atoms with Gasteiger partial charge in [0.25, 0.3) is 0 Å². The summed E-state index contributed by atoms with van der Waals surface area (Å²) in [6.45, 7) is 0.321. The quantitative estimate of drug-likeness (QED) is 0.651. The Hall–Kier alpha value is -0.950. The van der Waals surface area contributed by atoms with Gasteiger partial charge in [0.15, 0.2) is 0 Å². The molecule has 2 aromatic carbocycles. The van der Waals surface area contributed by atoms with Crippen LogP contribution in [0.15, 0.2) is 42.5 Å². The van der Waals surface area contributed by atoms with Gasteiger partial charge in [-0.1, -0.05) is 23.7 Å². The van der Waals surface area contributed by atoms with E-state index in [1.54, 1.807) is 0 Å². The summed E-state index contributed by atoms with van der Waals surface area (Å²) in [6, 6.07) is 11.3. The molecule has 106 valence electrons. The monoisotopic (exact) mass is 411 g/mol. The Balaban J connectivity index is 2.19. The van der Waals surface area contributed by atoms with Crippen molar-refractivity contribution in [3.63, 3.8) is 0 Å². The van der Waals surface area contributed by atoms with Gasteiger partial charge in [-0.05, 0) is 58.5 Å². The highest BCUT2D eigenvalue weighted by Crippen LogP contribution is 2.36. The van der Waals surface area contributed by atoms with Crippen LogP contribution in [-0.4, -0.2) is 0 Å². The molecule has 2 aromatic rings. The molecule has 0 saturated carbocycles. The summed E-state index contributed by atoms with van der Waals surface area (Å²) in [4.78, 5) is 0. The van der Waals surface area contributed by atoms with Crippen LogP contribution in [-0.2, 0) is 12.7 Å². The van der Waals surface area contributed by atoms with Crippen molar-refractivity contribution >= 4 is 39.9 Å². The molecule has 20 heavy (non-hydrogen) atoms.